The monoisotopic (exact) mass is 447 g/mol. The number of aryl methyl sites for hydroxylation is 1. The van der Waals surface area contributed by atoms with E-state index in [0.29, 0.717) is 27.0 Å². The van der Waals surface area contributed by atoms with Gasteiger partial charge in [-0.1, -0.05) is 42.0 Å². The number of carbonyl (C=O) groups excluding carboxylic acids is 2. The number of carbonyl (C=O) groups is 2. The second kappa shape index (κ2) is 9.15. The summed E-state index contributed by atoms with van der Waals surface area (Å²) in [5.41, 5.74) is 3.21. The van der Waals surface area contributed by atoms with Gasteiger partial charge in [-0.2, -0.15) is 0 Å². The summed E-state index contributed by atoms with van der Waals surface area (Å²) in [6, 6.07) is 14.7. The van der Waals surface area contributed by atoms with Crippen LogP contribution in [0, 0.1) is 6.92 Å². The predicted molar refractivity (Wildman–Crippen MR) is 125 cm³/mol. The average Bonchev–Trinajstić information content (AvgIpc) is 3.20. The fourth-order valence-electron chi connectivity index (χ4n) is 3.34. The molecule has 0 fully saturated rings. The maximum absolute atomic E-state index is 12.7. The number of hydrogen-bond donors (Lipinski definition) is 1. The van der Waals surface area contributed by atoms with E-state index < -0.39 is 11.9 Å². The van der Waals surface area contributed by atoms with Gasteiger partial charge >= 0.3 is 5.97 Å². The number of para-hydroxylation sites is 1. The first-order valence-electron chi connectivity index (χ1n) is 10.1. The van der Waals surface area contributed by atoms with Crippen molar-refractivity contribution in [1.29, 1.82) is 0 Å². The van der Waals surface area contributed by atoms with Crippen molar-refractivity contribution >= 4 is 39.1 Å². The first-order chi connectivity index (χ1) is 15.5. The zero-order valence-corrected chi connectivity index (χ0v) is 18.4. The number of ether oxygens (including phenoxy) is 1. The average molecular weight is 448 g/mol. The number of nitrogens with one attached hydrogen (secondary N) is 1. The Hall–Kier alpha value is -3.78. The van der Waals surface area contributed by atoms with E-state index in [0.717, 1.165) is 11.1 Å². The molecule has 2 heterocycles. The van der Waals surface area contributed by atoms with Gasteiger partial charge < -0.3 is 10.1 Å². The van der Waals surface area contributed by atoms with Crippen LogP contribution in [0.4, 0.5) is 5.00 Å². The number of fused-ring (bicyclic) bond motifs is 1. The third kappa shape index (κ3) is 4.31. The Morgan fingerprint density at radius 1 is 1.12 bits per heavy atom. The van der Waals surface area contributed by atoms with E-state index in [1.807, 2.05) is 36.6 Å². The molecule has 0 aliphatic rings. The summed E-state index contributed by atoms with van der Waals surface area (Å²) in [4.78, 5) is 42.3. The summed E-state index contributed by atoms with van der Waals surface area (Å²) in [7, 11) is 0. The predicted octanol–water partition coefficient (Wildman–Crippen LogP) is 4.25. The Kier molecular flexibility index (Phi) is 6.13. The number of aromatic nitrogens is 2. The van der Waals surface area contributed by atoms with Gasteiger partial charge in [0.2, 0.25) is 5.91 Å². The third-order valence-electron chi connectivity index (χ3n) is 4.93. The lowest BCUT2D eigenvalue weighted by Crippen LogP contribution is -2.28. The van der Waals surface area contributed by atoms with Crippen molar-refractivity contribution in [3.8, 4) is 11.1 Å². The van der Waals surface area contributed by atoms with Gasteiger partial charge in [0.25, 0.3) is 5.56 Å². The van der Waals surface area contributed by atoms with Crippen LogP contribution in [0.2, 0.25) is 0 Å². The second-order valence-electron chi connectivity index (χ2n) is 7.18. The highest BCUT2D eigenvalue weighted by Gasteiger charge is 2.23. The smallest absolute Gasteiger partial charge is 0.341 e. The first kappa shape index (κ1) is 21.5. The summed E-state index contributed by atoms with van der Waals surface area (Å²) in [6.07, 6.45) is 1.35. The molecule has 162 valence electrons. The Bertz CT molecular complexity index is 1360. The summed E-state index contributed by atoms with van der Waals surface area (Å²) < 4.78 is 6.48. The van der Waals surface area contributed by atoms with Gasteiger partial charge in [-0.05, 0) is 31.5 Å². The van der Waals surface area contributed by atoms with Crippen molar-refractivity contribution in [3.05, 3.63) is 81.7 Å². The molecule has 0 aliphatic heterocycles. The minimum Gasteiger partial charge on any atom is -0.462 e. The van der Waals surface area contributed by atoms with Crippen LogP contribution >= 0.6 is 11.3 Å². The van der Waals surface area contributed by atoms with Gasteiger partial charge in [0.05, 0.1) is 23.8 Å². The van der Waals surface area contributed by atoms with E-state index in [-0.39, 0.29) is 18.7 Å². The Labute approximate surface area is 188 Å². The maximum Gasteiger partial charge on any atom is 0.341 e. The van der Waals surface area contributed by atoms with Crippen molar-refractivity contribution in [2.45, 2.75) is 20.4 Å². The molecular formula is C24H21N3O4S. The van der Waals surface area contributed by atoms with Crippen molar-refractivity contribution in [3.63, 3.8) is 0 Å². The summed E-state index contributed by atoms with van der Waals surface area (Å²) in [6.45, 7) is 3.70. The standard InChI is InChI=1S/C24H21N3O4S/c1-3-31-24(30)21-18(16-10-8-15(2)9-11-16)13-32-22(21)26-20(28)12-27-14-25-19-7-5-4-6-17(19)23(27)29/h4-11,13-14H,3,12H2,1-2H3,(H,26,28). The molecule has 7 nitrogen and oxygen atoms in total. The van der Waals surface area contributed by atoms with Crippen LogP contribution in [-0.4, -0.2) is 28.0 Å². The number of nitrogens with zero attached hydrogens (tertiary/aromatic N) is 2. The number of esters is 1. The Morgan fingerprint density at radius 3 is 2.62 bits per heavy atom. The Balaban J connectivity index is 1.63. The number of amides is 1. The van der Waals surface area contributed by atoms with Gasteiger partial charge in [-0.15, -0.1) is 11.3 Å². The van der Waals surface area contributed by atoms with E-state index in [2.05, 4.69) is 10.3 Å². The van der Waals surface area contributed by atoms with E-state index in [1.54, 1.807) is 31.2 Å². The molecule has 2 aromatic heterocycles. The van der Waals surface area contributed by atoms with Crippen LogP contribution in [0.1, 0.15) is 22.8 Å². The molecular weight excluding hydrogens is 426 g/mol. The first-order valence-corrected chi connectivity index (χ1v) is 11.0. The third-order valence-corrected chi connectivity index (χ3v) is 5.83. The molecule has 8 heteroatoms. The van der Waals surface area contributed by atoms with Gasteiger partial charge in [0, 0.05) is 10.9 Å². The van der Waals surface area contributed by atoms with Crippen LogP contribution in [0.3, 0.4) is 0 Å². The number of rotatable bonds is 6. The normalized spacial score (nSPS) is 10.8. The maximum atomic E-state index is 12.7. The SMILES string of the molecule is CCOC(=O)c1c(-c2ccc(C)cc2)csc1NC(=O)Cn1cnc2ccccc2c1=O. The summed E-state index contributed by atoms with van der Waals surface area (Å²) in [5.74, 6) is -0.948. The van der Waals surface area contributed by atoms with Gasteiger partial charge in [0.15, 0.2) is 0 Å². The quantitative estimate of drug-likeness (QED) is 0.446. The van der Waals surface area contributed by atoms with Crippen LogP contribution < -0.4 is 10.9 Å². The molecule has 32 heavy (non-hydrogen) atoms. The minimum atomic E-state index is -0.510. The lowest BCUT2D eigenvalue weighted by Gasteiger charge is -2.10. The molecule has 0 saturated heterocycles. The van der Waals surface area contributed by atoms with Gasteiger partial charge in [-0.3, -0.25) is 14.2 Å². The van der Waals surface area contributed by atoms with E-state index in [9.17, 15) is 14.4 Å². The molecule has 4 aromatic rings. The largest absolute Gasteiger partial charge is 0.462 e. The lowest BCUT2D eigenvalue weighted by molar-refractivity contribution is -0.116. The molecule has 0 spiro atoms. The Morgan fingerprint density at radius 2 is 1.88 bits per heavy atom. The van der Waals surface area contributed by atoms with Gasteiger partial charge in [0.1, 0.15) is 17.1 Å². The van der Waals surface area contributed by atoms with Crippen molar-refractivity contribution < 1.29 is 14.3 Å². The van der Waals surface area contributed by atoms with Crippen molar-refractivity contribution in [2.24, 2.45) is 0 Å². The lowest BCUT2D eigenvalue weighted by atomic mass is 10.0. The van der Waals surface area contributed by atoms with Crippen molar-refractivity contribution in [1.82, 2.24) is 9.55 Å². The van der Waals surface area contributed by atoms with Crippen LogP contribution in [0.15, 0.2) is 65.0 Å². The highest BCUT2D eigenvalue weighted by atomic mass is 32.1. The summed E-state index contributed by atoms with van der Waals surface area (Å²) >= 11 is 1.24. The fourth-order valence-corrected chi connectivity index (χ4v) is 4.31. The zero-order chi connectivity index (χ0) is 22.7. The van der Waals surface area contributed by atoms with Gasteiger partial charge in [-0.25, -0.2) is 9.78 Å². The molecule has 2 aromatic carbocycles. The molecule has 0 atom stereocenters. The molecule has 1 N–H and O–H groups in total. The molecule has 0 saturated carbocycles. The van der Waals surface area contributed by atoms with Crippen molar-refractivity contribution in [2.75, 3.05) is 11.9 Å². The van der Waals surface area contributed by atoms with E-state index >= 15 is 0 Å². The fraction of sp³-hybridized carbons (Fsp3) is 0.167. The summed E-state index contributed by atoms with van der Waals surface area (Å²) in [5, 5.41) is 5.40. The van der Waals surface area contributed by atoms with E-state index in [1.165, 1.54) is 22.2 Å². The molecule has 1 amide bonds. The second-order valence-corrected chi connectivity index (χ2v) is 8.06. The molecule has 0 radical (unpaired) electrons. The molecule has 0 aliphatic carbocycles. The minimum absolute atomic E-state index is 0.216. The number of anilines is 1. The van der Waals surface area contributed by atoms with Crippen LogP contribution in [0.5, 0.6) is 0 Å². The molecule has 4 rings (SSSR count). The molecule has 0 unspecified atom stereocenters. The highest BCUT2D eigenvalue weighted by molar-refractivity contribution is 7.15. The van der Waals surface area contributed by atoms with Crippen LogP contribution in [-0.2, 0) is 16.1 Å². The number of benzene rings is 2. The topological polar surface area (TPSA) is 90.3 Å². The number of thiophene rings is 1. The highest BCUT2D eigenvalue weighted by Crippen LogP contribution is 2.36. The molecule has 0 bridgehead atoms. The number of hydrogen-bond acceptors (Lipinski definition) is 6. The zero-order valence-electron chi connectivity index (χ0n) is 17.6. The van der Waals surface area contributed by atoms with Crippen LogP contribution in [0.25, 0.3) is 22.0 Å². The van der Waals surface area contributed by atoms with E-state index in [4.69, 9.17) is 4.74 Å².